The van der Waals surface area contributed by atoms with E-state index in [-0.39, 0.29) is 37.5 Å². The van der Waals surface area contributed by atoms with Gasteiger partial charge in [0.1, 0.15) is 35.6 Å². The Morgan fingerprint density at radius 3 is 2.48 bits per heavy atom. The molecule has 306 valence electrons. The van der Waals surface area contributed by atoms with Crippen LogP contribution in [0.15, 0.2) is 42.6 Å². The largest absolute Gasteiger partial charge is 0.458 e. The first-order chi connectivity index (χ1) is 26.5. The quantitative estimate of drug-likeness (QED) is 0.262. The lowest BCUT2D eigenvalue weighted by Gasteiger charge is -2.52. The molecule has 2 bridgehead atoms. The number of hydrogen-bond acceptors (Lipinski definition) is 13. The van der Waals surface area contributed by atoms with Crippen molar-refractivity contribution >= 4 is 40.6 Å². The van der Waals surface area contributed by atoms with Crippen molar-refractivity contribution in [1.82, 2.24) is 20.5 Å². The van der Waals surface area contributed by atoms with Gasteiger partial charge in [-0.05, 0) is 72.3 Å². The Morgan fingerprint density at radius 2 is 1.77 bits per heavy atom. The number of amides is 1. The van der Waals surface area contributed by atoms with Crippen LogP contribution in [-0.2, 0) is 38.1 Å². The van der Waals surface area contributed by atoms with Crippen molar-refractivity contribution in [1.29, 1.82) is 0 Å². The van der Waals surface area contributed by atoms with Gasteiger partial charge in [-0.2, -0.15) is 0 Å². The van der Waals surface area contributed by atoms with Crippen LogP contribution in [0.4, 0.5) is 4.79 Å². The van der Waals surface area contributed by atoms with Crippen molar-refractivity contribution in [3.63, 3.8) is 0 Å². The Morgan fingerprint density at radius 1 is 1.04 bits per heavy atom. The number of likely N-dealkylation sites (N-methyl/N-ethyl adjacent to an activating group) is 1. The van der Waals surface area contributed by atoms with Crippen LogP contribution in [0.3, 0.4) is 0 Å². The van der Waals surface area contributed by atoms with Crippen molar-refractivity contribution in [2.45, 2.75) is 121 Å². The molecule has 1 amide bonds. The molecule has 14 atom stereocenters. The number of nitrogens with one attached hydrogen (secondary N) is 2. The van der Waals surface area contributed by atoms with E-state index in [0.29, 0.717) is 6.42 Å². The van der Waals surface area contributed by atoms with Crippen molar-refractivity contribution in [2.75, 3.05) is 27.2 Å². The molecule has 1 unspecified atom stereocenters. The van der Waals surface area contributed by atoms with E-state index in [1.165, 1.54) is 6.92 Å². The smallest absolute Gasteiger partial charge is 0.408 e. The van der Waals surface area contributed by atoms with Crippen LogP contribution in [0.5, 0.6) is 0 Å². The molecule has 5 aliphatic heterocycles. The van der Waals surface area contributed by atoms with Crippen LogP contribution in [0.2, 0.25) is 0 Å². The maximum Gasteiger partial charge on any atom is 0.408 e. The van der Waals surface area contributed by atoms with Crippen molar-refractivity contribution < 1.29 is 48.0 Å². The first-order valence-corrected chi connectivity index (χ1v) is 19.8. The van der Waals surface area contributed by atoms with E-state index in [1.54, 1.807) is 40.8 Å². The Kier molecular flexibility index (Phi) is 12.4. The summed E-state index contributed by atoms with van der Waals surface area (Å²) in [4.78, 5) is 62.4. The Balaban J connectivity index is 1.42. The molecule has 56 heavy (non-hydrogen) atoms. The lowest BCUT2D eigenvalue weighted by Crippen LogP contribution is -2.71. The topological polar surface area (TPSA) is 175 Å². The van der Waals surface area contributed by atoms with Gasteiger partial charge in [-0.1, -0.05) is 51.1 Å². The third kappa shape index (κ3) is 7.88. The fourth-order valence-corrected chi connectivity index (χ4v) is 9.34. The number of benzene rings is 1. The van der Waals surface area contributed by atoms with Gasteiger partial charge in [0.25, 0.3) is 0 Å². The molecule has 5 aliphatic rings. The first kappa shape index (κ1) is 41.8. The van der Waals surface area contributed by atoms with Gasteiger partial charge < -0.3 is 44.3 Å². The maximum atomic E-state index is 14.6. The summed E-state index contributed by atoms with van der Waals surface area (Å²) in [5.41, 5.74) is -1.11. The van der Waals surface area contributed by atoms with Crippen LogP contribution < -0.4 is 10.6 Å². The molecule has 7 rings (SSSR count). The van der Waals surface area contributed by atoms with Crippen molar-refractivity contribution in [3.8, 4) is 0 Å². The normalized spacial score (nSPS) is 39.7. The molecule has 1 aromatic heterocycles. The fourth-order valence-electron chi connectivity index (χ4n) is 9.34. The van der Waals surface area contributed by atoms with Gasteiger partial charge in [0, 0.05) is 42.0 Å². The van der Waals surface area contributed by atoms with Gasteiger partial charge in [0.15, 0.2) is 17.7 Å². The second kappa shape index (κ2) is 16.6. The molecular formula is C42H58N4O10. The van der Waals surface area contributed by atoms with E-state index in [4.69, 9.17) is 23.7 Å². The number of pyridine rings is 1. The molecule has 0 spiro atoms. The molecule has 14 heteroatoms. The number of carbonyl (C=O) groups excluding carboxylic acids is 4. The predicted molar refractivity (Wildman–Crippen MR) is 207 cm³/mol. The highest BCUT2D eigenvalue weighted by Crippen LogP contribution is 2.42. The van der Waals surface area contributed by atoms with Crippen LogP contribution in [0.1, 0.15) is 66.9 Å². The average Bonchev–Trinajstić information content (AvgIpc) is 3.48. The summed E-state index contributed by atoms with van der Waals surface area (Å²) in [7, 11) is 3.74. The van der Waals surface area contributed by atoms with E-state index in [1.807, 2.05) is 68.4 Å². The number of aliphatic hydroxyl groups is 1. The molecule has 5 saturated heterocycles. The lowest BCUT2D eigenvalue weighted by molar-refractivity contribution is -0.299. The highest BCUT2D eigenvalue weighted by molar-refractivity contribution is 6.00. The zero-order valence-corrected chi connectivity index (χ0v) is 33.9. The highest BCUT2D eigenvalue weighted by atomic mass is 16.7. The number of ketones is 2. The second-order valence-electron chi connectivity index (χ2n) is 16.6. The minimum Gasteiger partial charge on any atom is -0.458 e. The molecule has 0 radical (unpaired) electrons. The van der Waals surface area contributed by atoms with E-state index >= 15 is 0 Å². The molecule has 3 N–H and O–H groups in total. The number of aliphatic hydroxyl groups excluding tert-OH is 1. The molecule has 1 aromatic carbocycles. The number of piperidine rings is 1. The van der Waals surface area contributed by atoms with Gasteiger partial charge in [0.05, 0.1) is 30.2 Å². The molecule has 14 nitrogen and oxygen atoms in total. The monoisotopic (exact) mass is 778 g/mol. The van der Waals surface area contributed by atoms with Crippen LogP contribution in [0, 0.1) is 23.7 Å². The van der Waals surface area contributed by atoms with Crippen molar-refractivity contribution in [2.24, 2.45) is 23.7 Å². The summed E-state index contributed by atoms with van der Waals surface area (Å²) in [6.07, 6.45) is 0.921. The van der Waals surface area contributed by atoms with Crippen LogP contribution in [0.25, 0.3) is 17.0 Å². The van der Waals surface area contributed by atoms with Crippen LogP contribution in [-0.4, -0.2) is 126 Å². The number of hydrogen-bond donors (Lipinski definition) is 3. The molecule has 2 aromatic rings. The van der Waals surface area contributed by atoms with E-state index in [9.17, 15) is 24.3 Å². The number of nitrogens with zero attached hydrogens (tertiary/aromatic N) is 2. The van der Waals surface area contributed by atoms with Gasteiger partial charge in [-0.15, -0.1) is 0 Å². The molecule has 0 saturated carbocycles. The number of rotatable bonds is 8. The number of aromatic nitrogens is 1. The standard InChI is InChI=1S/C42H58N4O10/c1-10-31-41(6)36(45-40(51)56-41)28-21-44-35(23(3)33(28)48)42(7,52-17-13-14-26-19-27-15-11-12-16-29(27)43-20-26)37(24(4)32(47)25(5)38(50)54-31)55-39-34(49)30(46(8)9)18-22(2)53-39/h11-16,19-20,22-25,28,30-31,34-37,39,44,49H,10,17-18,21H2,1-9H3,(H,45,51)/b14-13+/t22-,23+,24+,25-,28+,30+,31-,34-,35?,36-,37-,39+,41-,42+/m1/s1. The number of ether oxygens (including phenoxy) is 5. The predicted octanol–water partition coefficient (Wildman–Crippen LogP) is 3.67. The number of alkyl carbamates (subject to hydrolysis) is 1. The minimum atomic E-state index is -1.45. The number of carbonyl (C=O) groups is 4. The number of esters is 1. The summed E-state index contributed by atoms with van der Waals surface area (Å²) in [5, 5.41) is 19.0. The Hall–Kier alpha value is -3.79. The van der Waals surface area contributed by atoms with E-state index < -0.39 is 89.4 Å². The zero-order valence-electron chi connectivity index (χ0n) is 33.9. The lowest BCUT2D eigenvalue weighted by atomic mass is 9.68. The third-order valence-electron chi connectivity index (χ3n) is 12.6. The second-order valence-corrected chi connectivity index (χ2v) is 16.6. The Labute approximate surface area is 329 Å². The van der Waals surface area contributed by atoms with Crippen molar-refractivity contribution in [3.05, 3.63) is 48.2 Å². The fraction of sp³-hybridized carbons (Fsp3) is 0.643. The number of fused-ring (bicyclic) bond motifs is 10. The summed E-state index contributed by atoms with van der Waals surface area (Å²) in [5.74, 6) is -5.20. The van der Waals surface area contributed by atoms with Crippen LogP contribution >= 0.6 is 0 Å². The summed E-state index contributed by atoms with van der Waals surface area (Å²) >= 11 is 0. The van der Waals surface area contributed by atoms with Gasteiger partial charge >= 0.3 is 12.1 Å². The average molecular weight is 779 g/mol. The van der Waals surface area contributed by atoms with Gasteiger partial charge in [-0.3, -0.25) is 19.4 Å². The summed E-state index contributed by atoms with van der Waals surface area (Å²) < 4.78 is 31.7. The van der Waals surface area contributed by atoms with E-state index in [0.717, 1.165) is 16.5 Å². The SMILES string of the molecule is CC[C@H]1OC(=O)[C@H](C)C(=O)[C@H](C)[C@@H](O[C@@H]2O[C@H](C)C[C@H](N(C)C)[C@H]2O)[C@@](C)(OC/C=C/c2cnc3ccccc3c2)C2NC[C@@H](C(=O)[C@@H]2C)[C@H]2NC(=O)O[C@@]21C. The maximum absolute atomic E-state index is 14.6. The highest BCUT2D eigenvalue weighted by Gasteiger charge is 2.61. The number of Topliss-reactive ketones (excluding diaryl/α,β-unsaturated/α-hetero) is 2. The first-order valence-electron chi connectivity index (χ1n) is 19.8. The minimum absolute atomic E-state index is 0.0395. The van der Waals surface area contributed by atoms with E-state index in [2.05, 4.69) is 15.6 Å². The summed E-state index contributed by atoms with van der Waals surface area (Å²) in [6.45, 7) is 12.2. The van der Waals surface area contributed by atoms with Gasteiger partial charge in [0.2, 0.25) is 0 Å². The molecule has 6 heterocycles. The molecule has 5 fully saturated rings. The summed E-state index contributed by atoms with van der Waals surface area (Å²) in [6, 6.07) is 7.95. The van der Waals surface area contributed by atoms with Gasteiger partial charge in [-0.25, -0.2) is 4.79 Å². The third-order valence-corrected chi connectivity index (χ3v) is 12.6. The Bertz CT molecular complexity index is 1820. The zero-order chi connectivity index (χ0) is 40.7. The molecule has 0 aliphatic carbocycles. The molecular weight excluding hydrogens is 720 g/mol. The number of para-hydroxylation sites is 1.